The molecule has 0 heterocycles. The number of rotatable bonds is 4. The third kappa shape index (κ3) is 6.05. The summed E-state index contributed by atoms with van der Waals surface area (Å²) in [4.78, 5) is 12.1. The van der Waals surface area contributed by atoms with Crippen LogP contribution in [-0.4, -0.2) is 17.5 Å². The van der Waals surface area contributed by atoms with Crippen LogP contribution in [0.1, 0.15) is 71.6 Å². The second kappa shape index (κ2) is 8.76. The van der Waals surface area contributed by atoms with Crippen LogP contribution in [0, 0.1) is 0 Å². The maximum atomic E-state index is 12.1. The number of halogens is 1. The molecule has 3 nitrogen and oxygen atoms in total. The molecule has 0 aromatic carbocycles. The first-order valence-corrected chi connectivity index (χ1v) is 7.16. The van der Waals surface area contributed by atoms with Crippen molar-refractivity contribution in [2.45, 2.75) is 83.2 Å². The summed E-state index contributed by atoms with van der Waals surface area (Å²) < 4.78 is 0. The zero-order chi connectivity index (χ0) is 12.7. The third-order valence-corrected chi connectivity index (χ3v) is 3.73. The summed E-state index contributed by atoms with van der Waals surface area (Å²) in [6.45, 7) is 3.91. The number of carbonyl (C=O) groups is 1. The van der Waals surface area contributed by atoms with Crippen molar-refractivity contribution < 1.29 is 4.79 Å². The average molecular weight is 277 g/mol. The van der Waals surface area contributed by atoms with E-state index in [9.17, 15) is 4.79 Å². The summed E-state index contributed by atoms with van der Waals surface area (Å²) in [5.41, 5.74) is 5.35. The Morgan fingerprint density at radius 3 is 2.22 bits per heavy atom. The topological polar surface area (TPSA) is 55.1 Å². The molecule has 0 spiro atoms. The molecule has 1 atom stereocenters. The minimum Gasteiger partial charge on any atom is -0.352 e. The molecule has 0 aromatic rings. The Hall–Kier alpha value is -0.280. The van der Waals surface area contributed by atoms with Crippen LogP contribution in [-0.2, 0) is 4.79 Å². The van der Waals surface area contributed by atoms with Crippen LogP contribution >= 0.6 is 12.4 Å². The average Bonchev–Trinajstić information content (AvgIpc) is 2.21. The van der Waals surface area contributed by atoms with Crippen molar-refractivity contribution in [3.05, 3.63) is 0 Å². The van der Waals surface area contributed by atoms with Gasteiger partial charge < -0.3 is 11.1 Å². The minimum absolute atomic E-state index is 0. The van der Waals surface area contributed by atoms with Crippen molar-refractivity contribution in [2.75, 3.05) is 0 Å². The summed E-state index contributed by atoms with van der Waals surface area (Å²) >= 11 is 0. The molecule has 3 N–H and O–H groups in total. The first-order valence-electron chi connectivity index (χ1n) is 7.16. The quantitative estimate of drug-likeness (QED) is 0.829. The summed E-state index contributed by atoms with van der Waals surface area (Å²) in [7, 11) is 0. The number of hydrogen-bond acceptors (Lipinski definition) is 2. The van der Waals surface area contributed by atoms with Crippen molar-refractivity contribution in [3.63, 3.8) is 0 Å². The van der Waals surface area contributed by atoms with Gasteiger partial charge in [0, 0.05) is 6.04 Å². The molecule has 1 saturated carbocycles. The largest absolute Gasteiger partial charge is 0.352 e. The van der Waals surface area contributed by atoms with Crippen molar-refractivity contribution in [2.24, 2.45) is 5.73 Å². The molecule has 0 bridgehead atoms. The summed E-state index contributed by atoms with van der Waals surface area (Å²) in [6, 6.07) is 0.350. The summed E-state index contributed by atoms with van der Waals surface area (Å²) in [6.07, 6.45) is 10.4. The highest BCUT2D eigenvalue weighted by molar-refractivity contribution is 5.86. The Bertz CT molecular complexity index is 236. The van der Waals surface area contributed by atoms with Crippen LogP contribution in [0.25, 0.3) is 0 Å². The molecule has 0 radical (unpaired) electrons. The lowest BCUT2D eigenvalue weighted by molar-refractivity contribution is -0.126. The number of hydrogen-bond donors (Lipinski definition) is 2. The smallest absolute Gasteiger partial charge is 0.240 e. The number of nitrogens with one attached hydrogen (secondary N) is 1. The highest BCUT2D eigenvalue weighted by Gasteiger charge is 2.28. The van der Waals surface area contributed by atoms with Gasteiger partial charge in [0.15, 0.2) is 0 Å². The second-order valence-corrected chi connectivity index (χ2v) is 5.68. The second-order valence-electron chi connectivity index (χ2n) is 5.68. The van der Waals surface area contributed by atoms with E-state index >= 15 is 0 Å². The van der Waals surface area contributed by atoms with Crippen molar-refractivity contribution in [3.8, 4) is 0 Å². The van der Waals surface area contributed by atoms with Gasteiger partial charge in [0.05, 0.1) is 5.54 Å². The van der Waals surface area contributed by atoms with E-state index in [0.717, 1.165) is 25.7 Å². The molecular formula is C14H29ClN2O. The van der Waals surface area contributed by atoms with E-state index in [1.807, 2.05) is 6.92 Å². The van der Waals surface area contributed by atoms with Crippen molar-refractivity contribution in [1.29, 1.82) is 0 Å². The van der Waals surface area contributed by atoms with E-state index in [4.69, 9.17) is 5.73 Å². The lowest BCUT2D eigenvalue weighted by Gasteiger charge is -2.28. The molecule has 1 aliphatic carbocycles. The molecule has 0 aromatic heterocycles. The van der Waals surface area contributed by atoms with Crippen LogP contribution in [0.4, 0.5) is 0 Å². The van der Waals surface area contributed by atoms with Crippen LogP contribution in [0.15, 0.2) is 0 Å². The Balaban J connectivity index is 0.00000289. The van der Waals surface area contributed by atoms with E-state index < -0.39 is 5.54 Å². The van der Waals surface area contributed by atoms with Crippen LogP contribution in [0.3, 0.4) is 0 Å². The number of amides is 1. The Morgan fingerprint density at radius 1 is 1.22 bits per heavy atom. The summed E-state index contributed by atoms with van der Waals surface area (Å²) in [5.74, 6) is 0.0323. The zero-order valence-corrected chi connectivity index (χ0v) is 12.7. The van der Waals surface area contributed by atoms with Gasteiger partial charge in [-0.05, 0) is 26.2 Å². The minimum atomic E-state index is -0.697. The van der Waals surface area contributed by atoms with Gasteiger partial charge in [-0.3, -0.25) is 4.79 Å². The van der Waals surface area contributed by atoms with E-state index in [1.165, 1.54) is 32.1 Å². The predicted octanol–water partition coefficient (Wildman–Crippen LogP) is 3.15. The van der Waals surface area contributed by atoms with Crippen molar-refractivity contribution >= 4 is 18.3 Å². The molecule has 108 valence electrons. The molecule has 18 heavy (non-hydrogen) atoms. The molecule has 1 aliphatic rings. The fourth-order valence-electron chi connectivity index (χ4n) is 2.58. The van der Waals surface area contributed by atoms with Crippen molar-refractivity contribution in [1.82, 2.24) is 5.32 Å². The fraction of sp³-hybridized carbons (Fsp3) is 0.929. The van der Waals surface area contributed by atoms with Gasteiger partial charge in [-0.15, -0.1) is 12.4 Å². The predicted molar refractivity (Wildman–Crippen MR) is 79.0 cm³/mol. The monoisotopic (exact) mass is 276 g/mol. The molecule has 1 fully saturated rings. The van der Waals surface area contributed by atoms with Gasteiger partial charge in [0.25, 0.3) is 0 Å². The van der Waals surface area contributed by atoms with E-state index in [2.05, 4.69) is 12.2 Å². The van der Waals surface area contributed by atoms with E-state index in [-0.39, 0.29) is 18.3 Å². The highest BCUT2D eigenvalue weighted by atomic mass is 35.5. The van der Waals surface area contributed by atoms with Gasteiger partial charge in [-0.25, -0.2) is 0 Å². The first kappa shape index (κ1) is 17.7. The van der Waals surface area contributed by atoms with Crippen LogP contribution in [0.5, 0.6) is 0 Å². The fourth-order valence-corrected chi connectivity index (χ4v) is 2.58. The molecule has 0 saturated heterocycles. The Labute approximate surface area is 118 Å². The van der Waals surface area contributed by atoms with Gasteiger partial charge in [-0.1, -0.05) is 45.4 Å². The SMILES string of the molecule is CCCC(C)(N)C(=O)NC1CCCCCCC1.Cl. The lowest BCUT2D eigenvalue weighted by Crippen LogP contribution is -2.54. The molecule has 0 aliphatic heterocycles. The van der Waals surface area contributed by atoms with E-state index in [0.29, 0.717) is 6.04 Å². The van der Waals surface area contributed by atoms with Crippen LogP contribution in [0.2, 0.25) is 0 Å². The number of nitrogens with two attached hydrogens (primary N) is 1. The molecule has 4 heteroatoms. The first-order chi connectivity index (χ1) is 8.06. The summed E-state index contributed by atoms with van der Waals surface area (Å²) in [5, 5.41) is 3.15. The van der Waals surface area contributed by atoms with Gasteiger partial charge >= 0.3 is 0 Å². The van der Waals surface area contributed by atoms with Crippen LogP contribution < -0.4 is 11.1 Å². The standard InChI is InChI=1S/C14H28N2O.ClH/c1-3-11-14(2,15)13(17)16-12-9-7-5-4-6-8-10-12;/h12H,3-11,15H2,1-2H3,(H,16,17);1H. The zero-order valence-electron chi connectivity index (χ0n) is 11.8. The Morgan fingerprint density at radius 2 is 1.72 bits per heavy atom. The van der Waals surface area contributed by atoms with E-state index in [1.54, 1.807) is 0 Å². The third-order valence-electron chi connectivity index (χ3n) is 3.73. The molecule has 1 rings (SSSR count). The maximum absolute atomic E-state index is 12.1. The molecular weight excluding hydrogens is 248 g/mol. The number of carbonyl (C=O) groups excluding carboxylic acids is 1. The maximum Gasteiger partial charge on any atom is 0.240 e. The molecule has 1 amide bonds. The van der Waals surface area contributed by atoms with Gasteiger partial charge in [0.2, 0.25) is 5.91 Å². The Kier molecular flexibility index (Phi) is 8.62. The van der Waals surface area contributed by atoms with Gasteiger partial charge in [-0.2, -0.15) is 0 Å². The highest BCUT2D eigenvalue weighted by Crippen LogP contribution is 2.18. The molecule has 1 unspecified atom stereocenters. The van der Waals surface area contributed by atoms with Gasteiger partial charge in [0.1, 0.15) is 0 Å². The lowest BCUT2D eigenvalue weighted by atomic mass is 9.93. The normalized spacial score (nSPS) is 21.1.